The van der Waals surface area contributed by atoms with Crippen molar-refractivity contribution >= 4 is 5.97 Å². The Balaban J connectivity index is 2.09. The van der Waals surface area contributed by atoms with Crippen LogP contribution in [0, 0.1) is 6.92 Å². The molecule has 0 fully saturated rings. The summed E-state index contributed by atoms with van der Waals surface area (Å²) in [5.74, 6) is 0.541. The predicted molar refractivity (Wildman–Crippen MR) is 92.9 cm³/mol. The van der Waals surface area contributed by atoms with E-state index in [1.807, 2.05) is 38.2 Å². The number of nitrogens with zero attached hydrogens (tertiary/aromatic N) is 1. The fourth-order valence-corrected chi connectivity index (χ4v) is 2.60. The summed E-state index contributed by atoms with van der Waals surface area (Å²) in [5.41, 5.74) is 3.68. The van der Waals surface area contributed by atoms with E-state index in [2.05, 4.69) is 4.90 Å². The van der Waals surface area contributed by atoms with Crippen LogP contribution in [-0.2, 0) is 13.1 Å². The molecule has 0 unspecified atom stereocenters. The molecule has 0 amide bonds. The average molecular weight is 329 g/mol. The molecular weight excluding hydrogens is 306 g/mol. The molecule has 0 atom stereocenters. The van der Waals surface area contributed by atoms with Crippen molar-refractivity contribution in [1.29, 1.82) is 0 Å². The van der Waals surface area contributed by atoms with Crippen LogP contribution in [0.4, 0.5) is 0 Å². The number of ether oxygens (including phenoxy) is 2. The lowest BCUT2D eigenvalue weighted by atomic mass is 10.1. The summed E-state index contributed by atoms with van der Waals surface area (Å²) in [6.07, 6.45) is 0. The first-order chi connectivity index (χ1) is 11.4. The Hall–Kier alpha value is -2.53. The molecule has 2 aromatic carbocycles. The molecule has 24 heavy (non-hydrogen) atoms. The van der Waals surface area contributed by atoms with Crippen LogP contribution in [-0.4, -0.2) is 37.2 Å². The van der Waals surface area contributed by atoms with Crippen LogP contribution in [0.5, 0.6) is 11.5 Å². The third kappa shape index (κ3) is 4.26. The van der Waals surface area contributed by atoms with Gasteiger partial charge in [0.2, 0.25) is 0 Å². The number of hydrogen-bond donors (Lipinski definition) is 1. The minimum atomic E-state index is -0.907. The number of hydrogen-bond acceptors (Lipinski definition) is 4. The number of carboxylic acid groups (broad SMARTS) is 1. The first kappa shape index (κ1) is 17.8. The molecule has 0 heterocycles. The summed E-state index contributed by atoms with van der Waals surface area (Å²) in [6, 6.07) is 10.9. The molecule has 0 radical (unpaired) electrons. The Kier molecular flexibility index (Phi) is 5.82. The van der Waals surface area contributed by atoms with Gasteiger partial charge in [0.1, 0.15) is 0 Å². The van der Waals surface area contributed by atoms with E-state index in [4.69, 9.17) is 14.6 Å². The maximum atomic E-state index is 10.9. The molecule has 0 aliphatic carbocycles. The van der Waals surface area contributed by atoms with Gasteiger partial charge >= 0.3 is 5.97 Å². The van der Waals surface area contributed by atoms with Crippen molar-refractivity contribution in [3.8, 4) is 11.5 Å². The van der Waals surface area contributed by atoms with E-state index in [1.165, 1.54) is 0 Å². The SMILES string of the molecule is COc1cc(C)c(CN(C)Cc2ccc(C(=O)O)cc2)cc1OC. The van der Waals surface area contributed by atoms with Crippen LogP contribution in [0.15, 0.2) is 36.4 Å². The molecule has 0 aliphatic rings. The van der Waals surface area contributed by atoms with E-state index in [9.17, 15) is 4.79 Å². The third-order valence-corrected chi connectivity index (χ3v) is 3.94. The fourth-order valence-electron chi connectivity index (χ4n) is 2.60. The van der Waals surface area contributed by atoms with Gasteiger partial charge in [0.05, 0.1) is 19.8 Å². The summed E-state index contributed by atoms with van der Waals surface area (Å²) in [4.78, 5) is 13.1. The molecule has 5 heteroatoms. The van der Waals surface area contributed by atoms with Gasteiger partial charge in [-0.3, -0.25) is 4.90 Å². The van der Waals surface area contributed by atoms with Gasteiger partial charge < -0.3 is 14.6 Å². The van der Waals surface area contributed by atoms with Crippen LogP contribution in [0.3, 0.4) is 0 Å². The van der Waals surface area contributed by atoms with Crippen LogP contribution >= 0.6 is 0 Å². The van der Waals surface area contributed by atoms with E-state index in [0.29, 0.717) is 5.56 Å². The molecule has 0 aliphatic heterocycles. The Labute approximate surface area is 142 Å². The highest BCUT2D eigenvalue weighted by atomic mass is 16.5. The topological polar surface area (TPSA) is 59.0 Å². The second-order valence-electron chi connectivity index (χ2n) is 5.81. The Morgan fingerprint density at radius 1 is 1.04 bits per heavy atom. The minimum Gasteiger partial charge on any atom is -0.493 e. The summed E-state index contributed by atoms with van der Waals surface area (Å²) in [7, 11) is 5.29. The molecular formula is C19H23NO4. The fraction of sp³-hybridized carbons (Fsp3) is 0.316. The van der Waals surface area contributed by atoms with Crippen molar-refractivity contribution in [2.75, 3.05) is 21.3 Å². The molecule has 2 rings (SSSR count). The van der Waals surface area contributed by atoms with E-state index >= 15 is 0 Å². The number of rotatable bonds is 7. The maximum absolute atomic E-state index is 10.9. The Morgan fingerprint density at radius 3 is 2.17 bits per heavy atom. The summed E-state index contributed by atoms with van der Waals surface area (Å²) < 4.78 is 10.7. The summed E-state index contributed by atoms with van der Waals surface area (Å²) >= 11 is 0. The quantitative estimate of drug-likeness (QED) is 0.844. The molecule has 0 bridgehead atoms. The largest absolute Gasteiger partial charge is 0.493 e. The molecule has 128 valence electrons. The summed E-state index contributed by atoms with van der Waals surface area (Å²) in [5, 5.41) is 8.94. The first-order valence-corrected chi connectivity index (χ1v) is 7.67. The van der Waals surface area contributed by atoms with Gasteiger partial charge in [-0.15, -0.1) is 0 Å². The van der Waals surface area contributed by atoms with Crippen molar-refractivity contribution in [3.63, 3.8) is 0 Å². The van der Waals surface area contributed by atoms with Crippen molar-refractivity contribution in [1.82, 2.24) is 4.90 Å². The monoisotopic (exact) mass is 329 g/mol. The molecule has 0 saturated heterocycles. The standard InChI is InChI=1S/C19H23NO4/c1-13-9-17(23-3)18(24-4)10-16(13)12-20(2)11-14-5-7-15(8-6-14)19(21)22/h5-10H,11-12H2,1-4H3,(H,21,22). The third-order valence-electron chi connectivity index (χ3n) is 3.94. The Morgan fingerprint density at radius 2 is 1.62 bits per heavy atom. The molecule has 2 aromatic rings. The van der Waals surface area contributed by atoms with Crippen molar-refractivity contribution < 1.29 is 19.4 Å². The molecule has 0 spiro atoms. The molecule has 0 saturated carbocycles. The molecule has 1 N–H and O–H groups in total. The van der Waals surface area contributed by atoms with Gasteiger partial charge in [-0.25, -0.2) is 4.79 Å². The van der Waals surface area contributed by atoms with Crippen LogP contribution in [0.1, 0.15) is 27.0 Å². The zero-order chi connectivity index (χ0) is 17.7. The van der Waals surface area contributed by atoms with Gasteiger partial charge in [0.25, 0.3) is 0 Å². The van der Waals surface area contributed by atoms with Gasteiger partial charge in [-0.2, -0.15) is 0 Å². The van der Waals surface area contributed by atoms with Gasteiger partial charge in [-0.05, 0) is 54.9 Å². The van der Waals surface area contributed by atoms with Gasteiger partial charge in [0.15, 0.2) is 11.5 Å². The van der Waals surface area contributed by atoms with Crippen LogP contribution in [0.25, 0.3) is 0 Å². The van der Waals surface area contributed by atoms with E-state index in [1.54, 1.807) is 26.4 Å². The Bertz CT molecular complexity index is 710. The minimum absolute atomic E-state index is 0.303. The number of aromatic carboxylic acids is 1. The number of methoxy groups -OCH3 is 2. The normalized spacial score (nSPS) is 10.7. The second-order valence-corrected chi connectivity index (χ2v) is 5.81. The predicted octanol–water partition coefficient (Wildman–Crippen LogP) is 3.34. The van der Waals surface area contributed by atoms with Crippen LogP contribution in [0.2, 0.25) is 0 Å². The highest BCUT2D eigenvalue weighted by Gasteiger charge is 2.11. The number of carboxylic acids is 1. The lowest BCUT2D eigenvalue weighted by Crippen LogP contribution is -2.18. The lowest BCUT2D eigenvalue weighted by molar-refractivity contribution is 0.0697. The molecule has 0 aromatic heterocycles. The zero-order valence-electron chi connectivity index (χ0n) is 14.5. The zero-order valence-corrected chi connectivity index (χ0v) is 14.5. The van der Waals surface area contributed by atoms with Crippen LogP contribution < -0.4 is 9.47 Å². The second kappa shape index (κ2) is 7.84. The summed E-state index contributed by atoms with van der Waals surface area (Å²) in [6.45, 7) is 3.54. The number of aryl methyl sites for hydroxylation is 1. The van der Waals surface area contributed by atoms with Crippen molar-refractivity contribution in [3.05, 3.63) is 58.7 Å². The van der Waals surface area contributed by atoms with Gasteiger partial charge in [0, 0.05) is 13.1 Å². The average Bonchev–Trinajstić information content (AvgIpc) is 2.56. The van der Waals surface area contributed by atoms with Crippen molar-refractivity contribution in [2.24, 2.45) is 0 Å². The number of benzene rings is 2. The van der Waals surface area contributed by atoms with E-state index in [0.717, 1.165) is 41.3 Å². The van der Waals surface area contributed by atoms with Crippen molar-refractivity contribution in [2.45, 2.75) is 20.0 Å². The molecule has 5 nitrogen and oxygen atoms in total. The highest BCUT2D eigenvalue weighted by Crippen LogP contribution is 2.30. The first-order valence-electron chi connectivity index (χ1n) is 7.67. The maximum Gasteiger partial charge on any atom is 0.335 e. The lowest BCUT2D eigenvalue weighted by Gasteiger charge is -2.20. The van der Waals surface area contributed by atoms with E-state index in [-0.39, 0.29) is 0 Å². The van der Waals surface area contributed by atoms with Gasteiger partial charge in [-0.1, -0.05) is 12.1 Å². The highest BCUT2D eigenvalue weighted by molar-refractivity contribution is 5.87. The smallest absolute Gasteiger partial charge is 0.335 e. The number of carbonyl (C=O) groups is 1. The van der Waals surface area contributed by atoms with E-state index < -0.39 is 5.97 Å².